The van der Waals surface area contributed by atoms with Crippen molar-refractivity contribution in [3.8, 4) is 0 Å². The van der Waals surface area contributed by atoms with Crippen molar-refractivity contribution in [2.75, 3.05) is 23.7 Å². The quantitative estimate of drug-likeness (QED) is 0.480. The van der Waals surface area contributed by atoms with Gasteiger partial charge in [-0.25, -0.2) is 13.8 Å². The number of benzene rings is 2. The SMILES string of the molecule is CC1(C)NC[C@@H](c2cc(F)cc(F)c2)N(CC(=O)Nc2ccc3c(c2)CC2(C3)C(=O)Nc3ncccc32)C1=O. The second-order valence-electron chi connectivity index (χ2n) is 11.0. The number of anilines is 2. The Morgan fingerprint density at radius 3 is 2.59 bits per heavy atom. The van der Waals surface area contributed by atoms with Gasteiger partial charge in [0.1, 0.15) is 24.0 Å². The monoisotopic (exact) mass is 531 g/mol. The van der Waals surface area contributed by atoms with Gasteiger partial charge < -0.3 is 20.9 Å². The number of rotatable bonds is 4. The number of carbonyl (C=O) groups excluding carboxylic acids is 3. The average Bonchev–Trinajstić information content (AvgIpc) is 3.38. The summed E-state index contributed by atoms with van der Waals surface area (Å²) in [6, 6.07) is 11.7. The minimum atomic E-state index is -0.947. The van der Waals surface area contributed by atoms with Crippen molar-refractivity contribution < 1.29 is 23.2 Å². The summed E-state index contributed by atoms with van der Waals surface area (Å²) in [5.74, 6) is -1.80. The Morgan fingerprint density at radius 1 is 1.08 bits per heavy atom. The predicted molar refractivity (Wildman–Crippen MR) is 140 cm³/mol. The lowest BCUT2D eigenvalue weighted by Gasteiger charge is -2.43. The lowest BCUT2D eigenvalue weighted by Crippen LogP contribution is -2.63. The Bertz CT molecular complexity index is 1520. The minimum absolute atomic E-state index is 0.0855. The van der Waals surface area contributed by atoms with Gasteiger partial charge in [0.05, 0.1) is 17.0 Å². The summed E-state index contributed by atoms with van der Waals surface area (Å²) in [7, 11) is 0. The highest BCUT2D eigenvalue weighted by Gasteiger charge is 2.51. The Morgan fingerprint density at radius 2 is 1.82 bits per heavy atom. The number of hydrogen-bond donors (Lipinski definition) is 3. The summed E-state index contributed by atoms with van der Waals surface area (Å²) in [4.78, 5) is 45.1. The van der Waals surface area contributed by atoms with E-state index in [0.29, 0.717) is 24.3 Å². The van der Waals surface area contributed by atoms with E-state index in [1.165, 1.54) is 17.0 Å². The van der Waals surface area contributed by atoms with Crippen LogP contribution in [0.15, 0.2) is 54.7 Å². The second-order valence-corrected chi connectivity index (χ2v) is 11.0. The van der Waals surface area contributed by atoms with Crippen LogP contribution in [0.4, 0.5) is 20.3 Å². The number of aromatic nitrogens is 1. The zero-order chi connectivity index (χ0) is 27.5. The number of nitrogens with one attached hydrogen (secondary N) is 3. The summed E-state index contributed by atoms with van der Waals surface area (Å²) in [6.07, 6.45) is 2.67. The molecule has 10 heteroatoms. The molecule has 3 heterocycles. The predicted octanol–water partition coefficient (Wildman–Crippen LogP) is 3.24. The van der Waals surface area contributed by atoms with Gasteiger partial charge in [-0.1, -0.05) is 12.1 Å². The summed E-state index contributed by atoms with van der Waals surface area (Å²) in [5.41, 5.74) is 1.98. The molecule has 2 aromatic carbocycles. The van der Waals surface area contributed by atoms with Crippen LogP contribution in [-0.2, 0) is 32.6 Å². The lowest BCUT2D eigenvalue weighted by molar-refractivity contribution is -0.146. The Kier molecular flexibility index (Phi) is 5.76. The number of nitrogens with zero attached hydrogens (tertiary/aromatic N) is 2. The number of fused-ring (bicyclic) bond motifs is 3. The van der Waals surface area contributed by atoms with Crippen LogP contribution in [0.3, 0.4) is 0 Å². The zero-order valence-corrected chi connectivity index (χ0v) is 21.5. The van der Waals surface area contributed by atoms with Crippen molar-refractivity contribution in [1.29, 1.82) is 0 Å². The highest BCUT2D eigenvalue weighted by molar-refractivity contribution is 6.06. The molecule has 3 aliphatic rings. The summed E-state index contributed by atoms with van der Waals surface area (Å²) < 4.78 is 27.9. The van der Waals surface area contributed by atoms with E-state index in [1.54, 1.807) is 26.1 Å². The molecule has 39 heavy (non-hydrogen) atoms. The van der Waals surface area contributed by atoms with E-state index in [4.69, 9.17) is 0 Å². The first-order valence-electron chi connectivity index (χ1n) is 12.8. The van der Waals surface area contributed by atoms with Crippen LogP contribution in [0.5, 0.6) is 0 Å². The van der Waals surface area contributed by atoms with Crippen molar-refractivity contribution in [3.63, 3.8) is 0 Å². The molecular formula is C29H27F2N5O3. The Balaban J connectivity index is 1.22. The van der Waals surface area contributed by atoms with Crippen LogP contribution in [0, 0.1) is 11.6 Å². The molecule has 8 nitrogen and oxygen atoms in total. The van der Waals surface area contributed by atoms with E-state index >= 15 is 0 Å². The largest absolute Gasteiger partial charge is 0.325 e. The first-order chi connectivity index (χ1) is 18.6. The third-order valence-electron chi connectivity index (χ3n) is 7.96. The molecule has 3 aromatic rings. The third kappa shape index (κ3) is 4.24. The van der Waals surface area contributed by atoms with Gasteiger partial charge in [-0.2, -0.15) is 0 Å². The van der Waals surface area contributed by atoms with E-state index in [2.05, 4.69) is 20.9 Å². The van der Waals surface area contributed by atoms with Gasteiger partial charge in [-0.15, -0.1) is 0 Å². The number of halogens is 2. The van der Waals surface area contributed by atoms with Crippen molar-refractivity contribution in [2.45, 2.75) is 43.7 Å². The van der Waals surface area contributed by atoms with Crippen LogP contribution in [0.1, 0.15) is 42.1 Å². The molecule has 0 bridgehead atoms. The normalized spacial score (nSPS) is 23.0. The van der Waals surface area contributed by atoms with E-state index < -0.39 is 34.5 Å². The smallest absolute Gasteiger partial charge is 0.244 e. The zero-order valence-electron chi connectivity index (χ0n) is 21.5. The summed E-state index contributed by atoms with van der Waals surface area (Å²) >= 11 is 0. The van der Waals surface area contributed by atoms with Crippen molar-refractivity contribution in [3.05, 3.63) is 88.6 Å². The number of piperazine rings is 1. The third-order valence-corrected chi connectivity index (χ3v) is 7.96. The maximum absolute atomic E-state index is 14.0. The van der Waals surface area contributed by atoms with Gasteiger partial charge in [0, 0.05) is 30.1 Å². The molecule has 6 rings (SSSR count). The first kappa shape index (κ1) is 25.1. The molecular weight excluding hydrogens is 504 g/mol. The highest BCUT2D eigenvalue weighted by Crippen LogP contribution is 2.47. The maximum atomic E-state index is 14.0. The number of hydrogen-bond acceptors (Lipinski definition) is 5. The van der Waals surface area contributed by atoms with Gasteiger partial charge in [0.2, 0.25) is 17.7 Å². The molecule has 1 saturated heterocycles. The molecule has 3 N–H and O–H groups in total. The van der Waals surface area contributed by atoms with Crippen LogP contribution < -0.4 is 16.0 Å². The second kappa shape index (κ2) is 8.94. The standard InChI is InChI=1S/C29H27F2N5O3/c1-28(2)27(39)36(23(14-33-28)17-8-19(30)11-20(31)9-17)15-24(37)34-21-6-5-16-12-29(13-18(16)10-21)22-4-3-7-32-25(22)35-26(29)38/h3-11,23,33H,12-15H2,1-2H3,(H,34,37)(H,32,35,38)/t23-,29?/m0/s1. The Labute approximate surface area is 223 Å². The van der Waals surface area contributed by atoms with E-state index in [0.717, 1.165) is 22.8 Å². The topological polar surface area (TPSA) is 103 Å². The molecule has 0 saturated carbocycles. The molecule has 3 amide bonds. The lowest BCUT2D eigenvalue weighted by atomic mass is 9.79. The van der Waals surface area contributed by atoms with Crippen molar-refractivity contribution in [2.24, 2.45) is 0 Å². The van der Waals surface area contributed by atoms with E-state index in [9.17, 15) is 23.2 Å². The van der Waals surface area contributed by atoms with Crippen LogP contribution in [0.25, 0.3) is 0 Å². The molecule has 1 unspecified atom stereocenters. The maximum Gasteiger partial charge on any atom is 0.244 e. The molecule has 2 aliphatic heterocycles. The highest BCUT2D eigenvalue weighted by atomic mass is 19.1. The molecule has 1 fully saturated rings. The molecule has 0 radical (unpaired) electrons. The molecule has 1 spiro atoms. The van der Waals surface area contributed by atoms with Crippen LogP contribution >= 0.6 is 0 Å². The minimum Gasteiger partial charge on any atom is -0.325 e. The van der Waals surface area contributed by atoms with Crippen molar-refractivity contribution in [1.82, 2.24) is 15.2 Å². The van der Waals surface area contributed by atoms with E-state index in [1.807, 2.05) is 24.3 Å². The molecule has 1 aliphatic carbocycles. The van der Waals surface area contributed by atoms with E-state index in [-0.39, 0.29) is 30.5 Å². The first-order valence-corrected chi connectivity index (χ1v) is 12.8. The number of carbonyl (C=O) groups is 3. The van der Waals surface area contributed by atoms with Gasteiger partial charge in [-0.05, 0) is 73.7 Å². The Hall–Kier alpha value is -4.18. The fourth-order valence-electron chi connectivity index (χ4n) is 5.99. The van der Waals surface area contributed by atoms with Gasteiger partial charge in [-0.3, -0.25) is 14.4 Å². The van der Waals surface area contributed by atoms with Gasteiger partial charge >= 0.3 is 0 Å². The summed E-state index contributed by atoms with van der Waals surface area (Å²) in [6.45, 7) is 3.33. The van der Waals surface area contributed by atoms with Crippen LogP contribution in [0.2, 0.25) is 0 Å². The number of pyridine rings is 1. The van der Waals surface area contributed by atoms with Crippen molar-refractivity contribution >= 4 is 29.2 Å². The average molecular weight is 532 g/mol. The van der Waals surface area contributed by atoms with Gasteiger partial charge in [0.25, 0.3) is 0 Å². The number of amides is 3. The fourth-order valence-corrected chi connectivity index (χ4v) is 5.99. The van der Waals surface area contributed by atoms with Gasteiger partial charge in [0.15, 0.2) is 0 Å². The summed E-state index contributed by atoms with van der Waals surface area (Å²) in [5, 5.41) is 8.85. The molecule has 1 aromatic heterocycles. The van der Waals surface area contributed by atoms with Crippen LogP contribution in [-0.4, -0.2) is 46.2 Å². The molecule has 200 valence electrons. The fraction of sp³-hybridized carbons (Fsp3) is 0.310. The molecule has 2 atom stereocenters.